The van der Waals surface area contributed by atoms with Gasteiger partial charge in [0.15, 0.2) is 0 Å². The van der Waals surface area contributed by atoms with Gasteiger partial charge in [-0.2, -0.15) is 0 Å². The van der Waals surface area contributed by atoms with Gasteiger partial charge in [-0.1, -0.05) is 0 Å². The lowest BCUT2D eigenvalue weighted by Gasteiger charge is -2.20. The first-order valence-corrected chi connectivity index (χ1v) is 5.76. The number of amides is 1. The predicted molar refractivity (Wildman–Crippen MR) is 66.5 cm³/mol. The van der Waals surface area contributed by atoms with Gasteiger partial charge in [0.2, 0.25) is 0 Å². The third-order valence-electron chi connectivity index (χ3n) is 2.36. The quantitative estimate of drug-likeness (QED) is 0.835. The Labute approximate surface area is 110 Å². The van der Waals surface area contributed by atoms with E-state index in [2.05, 4.69) is 0 Å². The van der Waals surface area contributed by atoms with Gasteiger partial charge in [-0.15, -0.1) is 11.6 Å². The van der Waals surface area contributed by atoms with Crippen LogP contribution in [0.15, 0.2) is 18.2 Å². The van der Waals surface area contributed by atoms with Crippen LogP contribution in [0.25, 0.3) is 0 Å². The van der Waals surface area contributed by atoms with Gasteiger partial charge < -0.3 is 14.7 Å². The first-order valence-electron chi connectivity index (χ1n) is 5.32. The number of nitrogens with zero attached hydrogens (tertiary/aromatic N) is 1. The van der Waals surface area contributed by atoms with Crippen LogP contribution >= 0.6 is 11.6 Å². The van der Waals surface area contributed by atoms with Gasteiger partial charge >= 0.3 is 0 Å². The Balaban J connectivity index is 2.77. The molecule has 4 nitrogen and oxygen atoms in total. The molecule has 1 atom stereocenters. The van der Waals surface area contributed by atoms with E-state index in [1.165, 1.54) is 19.1 Å². The minimum Gasteiger partial charge on any atom is -0.507 e. The van der Waals surface area contributed by atoms with Crippen LogP contribution in [0.3, 0.4) is 0 Å². The van der Waals surface area contributed by atoms with Crippen molar-refractivity contribution in [1.29, 1.82) is 0 Å². The van der Waals surface area contributed by atoms with E-state index in [1.807, 2.05) is 0 Å². The van der Waals surface area contributed by atoms with Gasteiger partial charge in [0.05, 0.1) is 17.5 Å². The molecule has 0 aliphatic rings. The average Bonchev–Trinajstić information content (AvgIpc) is 2.31. The number of rotatable bonds is 5. The summed E-state index contributed by atoms with van der Waals surface area (Å²) in [4.78, 5) is 13.3. The molecule has 0 aliphatic carbocycles. The molecule has 0 heterocycles. The molecule has 0 aliphatic heterocycles. The number of carbonyl (C=O) groups is 1. The van der Waals surface area contributed by atoms with E-state index in [0.717, 1.165) is 18.2 Å². The van der Waals surface area contributed by atoms with Crippen molar-refractivity contribution >= 4 is 17.5 Å². The summed E-state index contributed by atoms with van der Waals surface area (Å²) in [7, 11) is 3.04. The number of phenols is 1. The van der Waals surface area contributed by atoms with Gasteiger partial charge in [-0.05, 0) is 18.2 Å². The van der Waals surface area contributed by atoms with Crippen molar-refractivity contribution in [3.8, 4) is 5.75 Å². The highest BCUT2D eigenvalue weighted by Crippen LogP contribution is 2.19. The molecule has 0 bridgehead atoms. The third-order valence-corrected chi connectivity index (χ3v) is 2.62. The molecular formula is C12H15ClFNO3. The van der Waals surface area contributed by atoms with Crippen LogP contribution in [-0.2, 0) is 4.74 Å². The van der Waals surface area contributed by atoms with E-state index >= 15 is 0 Å². The van der Waals surface area contributed by atoms with Crippen LogP contribution in [0.4, 0.5) is 4.39 Å². The molecule has 1 rings (SSSR count). The Morgan fingerprint density at radius 2 is 2.28 bits per heavy atom. The van der Waals surface area contributed by atoms with Gasteiger partial charge in [-0.25, -0.2) is 4.39 Å². The summed E-state index contributed by atoms with van der Waals surface area (Å²) in [5.74, 6) is -1.33. The van der Waals surface area contributed by atoms with E-state index in [0.29, 0.717) is 6.61 Å². The SMILES string of the molecule is COCC(Cl)CN(C)C(=O)c1cc(F)ccc1O. The Kier molecular flexibility index (Phi) is 5.37. The number of carbonyl (C=O) groups excluding carboxylic acids is 1. The van der Waals surface area contributed by atoms with Crippen LogP contribution in [0.2, 0.25) is 0 Å². The number of halogens is 2. The molecule has 1 unspecified atom stereocenters. The van der Waals surface area contributed by atoms with E-state index in [4.69, 9.17) is 16.3 Å². The number of hydrogen-bond donors (Lipinski definition) is 1. The molecule has 100 valence electrons. The van der Waals surface area contributed by atoms with Gasteiger partial charge in [-0.3, -0.25) is 4.79 Å². The van der Waals surface area contributed by atoms with E-state index in [9.17, 15) is 14.3 Å². The molecule has 0 saturated carbocycles. The molecule has 0 spiro atoms. The third kappa shape index (κ3) is 3.85. The lowest BCUT2D eigenvalue weighted by atomic mass is 10.1. The summed E-state index contributed by atoms with van der Waals surface area (Å²) in [6, 6.07) is 3.22. The van der Waals surface area contributed by atoms with Crippen LogP contribution in [0, 0.1) is 5.82 Å². The molecular weight excluding hydrogens is 261 g/mol. The highest BCUT2D eigenvalue weighted by Gasteiger charge is 2.19. The maximum atomic E-state index is 13.0. The summed E-state index contributed by atoms with van der Waals surface area (Å²) >= 11 is 5.92. The Morgan fingerprint density at radius 3 is 2.89 bits per heavy atom. The number of methoxy groups -OCH3 is 1. The summed E-state index contributed by atoms with van der Waals surface area (Å²) < 4.78 is 17.9. The number of hydrogen-bond acceptors (Lipinski definition) is 3. The molecule has 0 aromatic heterocycles. The largest absolute Gasteiger partial charge is 0.507 e. The molecule has 0 radical (unpaired) electrons. The summed E-state index contributed by atoms with van der Waals surface area (Å²) in [6.07, 6.45) is 0. The van der Waals surface area contributed by atoms with Crippen molar-refractivity contribution in [2.45, 2.75) is 5.38 Å². The van der Waals surface area contributed by atoms with E-state index < -0.39 is 11.7 Å². The molecule has 6 heteroatoms. The molecule has 1 amide bonds. The Morgan fingerprint density at radius 1 is 1.61 bits per heavy atom. The van der Waals surface area contributed by atoms with Crippen molar-refractivity contribution in [3.05, 3.63) is 29.6 Å². The van der Waals surface area contributed by atoms with Crippen molar-refractivity contribution in [3.63, 3.8) is 0 Å². The summed E-state index contributed by atoms with van der Waals surface area (Å²) in [5, 5.41) is 9.16. The lowest BCUT2D eigenvalue weighted by molar-refractivity contribution is 0.0778. The smallest absolute Gasteiger partial charge is 0.257 e. The molecule has 0 saturated heterocycles. The van der Waals surface area contributed by atoms with Gasteiger partial charge in [0.1, 0.15) is 11.6 Å². The summed E-state index contributed by atoms with van der Waals surface area (Å²) in [6.45, 7) is 0.540. The average molecular weight is 276 g/mol. The zero-order valence-electron chi connectivity index (χ0n) is 10.2. The number of alkyl halides is 1. The first kappa shape index (κ1) is 14.7. The fraction of sp³-hybridized carbons (Fsp3) is 0.417. The fourth-order valence-electron chi connectivity index (χ4n) is 1.50. The van der Waals surface area contributed by atoms with Gasteiger partial charge in [0.25, 0.3) is 5.91 Å². The molecule has 18 heavy (non-hydrogen) atoms. The monoisotopic (exact) mass is 275 g/mol. The minimum absolute atomic E-state index is 0.0845. The van der Waals surface area contributed by atoms with Crippen molar-refractivity contribution in [2.24, 2.45) is 0 Å². The van der Waals surface area contributed by atoms with Crippen molar-refractivity contribution in [2.75, 3.05) is 27.3 Å². The second-order valence-corrected chi connectivity index (χ2v) is 4.52. The highest BCUT2D eigenvalue weighted by molar-refractivity contribution is 6.21. The standard InChI is InChI=1S/C12H15ClFNO3/c1-15(6-8(13)7-18-2)12(17)10-5-9(14)3-4-11(10)16/h3-5,8,16H,6-7H2,1-2H3. The minimum atomic E-state index is -0.580. The van der Waals surface area contributed by atoms with Crippen LogP contribution in [0.5, 0.6) is 5.75 Å². The summed E-state index contributed by atoms with van der Waals surface area (Å²) in [5.41, 5.74) is -0.0845. The second-order valence-electron chi connectivity index (χ2n) is 3.90. The van der Waals surface area contributed by atoms with Crippen LogP contribution in [-0.4, -0.2) is 48.6 Å². The molecule has 1 aromatic carbocycles. The Hall–Kier alpha value is -1.33. The van der Waals surface area contributed by atoms with E-state index in [-0.39, 0.29) is 23.2 Å². The maximum absolute atomic E-state index is 13.0. The molecule has 1 aromatic rings. The normalized spacial score (nSPS) is 12.2. The lowest BCUT2D eigenvalue weighted by Crippen LogP contribution is -2.34. The first-order chi connectivity index (χ1) is 8.45. The van der Waals surface area contributed by atoms with Crippen molar-refractivity contribution in [1.82, 2.24) is 4.90 Å². The Bertz CT molecular complexity index is 428. The number of aromatic hydroxyl groups is 1. The van der Waals surface area contributed by atoms with E-state index in [1.54, 1.807) is 0 Å². The maximum Gasteiger partial charge on any atom is 0.257 e. The predicted octanol–water partition coefficient (Wildman–Crippen LogP) is 1.86. The van der Waals surface area contributed by atoms with Crippen molar-refractivity contribution < 1.29 is 19.0 Å². The zero-order valence-corrected chi connectivity index (χ0v) is 10.9. The highest BCUT2D eigenvalue weighted by atomic mass is 35.5. The molecule has 0 fully saturated rings. The van der Waals surface area contributed by atoms with Gasteiger partial charge in [0, 0.05) is 20.7 Å². The number of ether oxygens (including phenoxy) is 1. The zero-order chi connectivity index (χ0) is 13.7. The fourth-order valence-corrected chi connectivity index (χ4v) is 1.83. The van der Waals surface area contributed by atoms with Crippen LogP contribution in [0.1, 0.15) is 10.4 Å². The number of phenolic OH excluding ortho intramolecular Hbond substituents is 1. The topological polar surface area (TPSA) is 49.8 Å². The number of benzene rings is 1. The van der Waals surface area contributed by atoms with Crippen LogP contribution < -0.4 is 0 Å². The second kappa shape index (κ2) is 6.56. The molecule has 1 N–H and O–H groups in total.